The second-order valence-electron chi connectivity index (χ2n) is 3.34. The quantitative estimate of drug-likeness (QED) is 0.852. The molecule has 0 saturated heterocycles. The summed E-state index contributed by atoms with van der Waals surface area (Å²) >= 11 is 0. The van der Waals surface area contributed by atoms with E-state index in [2.05, 4.69) is 15.5 Å². The Labute approximate surface area is 93.4 Å². The summed E-state index contributed by atoms with van der Waals surface area (Å²) in [6.45, 7) is 2.42. The zero-order valence-electron chi connectivity index (χ0n) is 9.23. The lowest BCUT2D eigenvalue weighted by molar-refractivity contribution is 0.391. The summed E-state index contributed by atoms with van der Waals surface area (Å²) in [6.07, 6.45) is 1.71. The average molecular weight is 219 g/mol. The highest BCUT2D eigenvalue weighted by Crippen LogP contribution is 2.20. The Morgan fingerprint density at radius 2 is 2.38 bits per heavy atom. The number of aryl methyl sites for hydroxylation is 1. The van der Waals surface area contributed by atoms with Gasteiger partial charge < -0.3 is 14.6 Å². The van der Waals surface area contributed by atoms with Crippen LogP contribution in [0.25, 0.3) is 0 Å². The van der Waals surface area contributed by atoms with Gasteiger partial charge in [-0.3, -0.25) is 0 Å². The summed E-state index contributed by atoms with van der Waals surface area (Å²) in [6, 6.07) is 5.55. The molecule has 0 aliphatic carbocycles. The van der Waals surface area contributed by atoms with Crippen LogP contribution >= 0.6 is 0 Å². The molecule has 5 heteroatoms. The monoisotopic (exact) mass is 219 g/mol. The molecule has 0 radical (unpaired) electrons. The Hall–Kier alpha value is -2.04. The molecule has 2 rings (SSSR count). The van der Waals surface area contributed by atoms with Gasteiger partial charge in [-0.2, -0.15) is 0 Å². The van der Waals surface area contributed by atoms with Crippen molar-refractivity contribution in [1.29, 1.82) is 0 Å². The smallest absolute Gasteiger partial charge is 0.169 e. The van der Waals surface area contributed by atoms with Crippen molar-refractivity contribution in [1.82, 2.24) is 10.1 Å². The average Bonchev–Trinajstić information content (AvgIpc) is 2.73. The molecule has 2 aromatic rings. The Morgan fingerprint density at radius 3 is 3.06 bits per heavy atom. The molecule has 0 atom stereocenters. The van der Waals surface area contributed by atoms with E-state index in [4.69, 9.17) is 9.26 Å². The van der Waals surface area contributed by atoms with Crippen molar-refractivity contribution < 1.29 is 9.26 Å². The number of nitrogens with zero attached hydrogens (tertiary/aromatic N) is 2. The van der Waals surface area contributed by atoms with E-state index in [1.54, 1.807) is 13.3 Å². The predicted octanol–water partition coefficient (Wildman–Crippen LogP) is 2.00. The fourth-order valence-corrected chi connectivity index (χ4v) is 1.36. The van der Waals surface area contributed by atoms with Crippen molar-refractivity contribution in [3.63, 3.8) is 0 Å². The molecule has 0 saturated carbocycles. The van der Waals surface area contributed by atoms with E-state index in [0.717, 1.165) is 11.5 Å². The number of ether oxygens (including phenoxy) is 1. The zero-order chi connectivity index (χ0) is 11.4. The molecular weight excluding hydrogens is 206 g/mol. The number of pyridine rings is 1. The number of methoxy groups -OCH3 is 1. The van der Waals surface area contributed by atoms with Crippen LogP contribution in [0.1, 0.15) is 11.5 Å². The van der Waals surface area contributed by atoms with Crippen molar-refractivity contribution in [3.8, 4) is 5.75 Å². The normalized spacial score (nSPS) is 10.1. The van der Waals surface area contributed by atoms with E-state index < -0.39 is 0 Å². The van der Waals surface area contributed by atoms with Gasteiger partial charge in [0.25, 0.3) is 0 Å². The first kappa shape index (κ1) is 10.5. The number of hydrogen-bond acceptors (Lipinski definition) is 5. The van der Waals surface area contributed by atoms with Gasteiger partial charge >= 0.3 is 0 Å². The molecule has 2 aromatic heterocycles. The molecular formula is C11H13N3O2. The van der Waals surface area contributed by atoms with Crippen LogP contribution in [0.5, 0.6) is 5.75 Å². The van der Waals surface area contributed by atoms with Crippen molar-refractivity contribution in [2.24, 2.45) is 0 Å². The Bertz CT molecular complexity index is 468. The third-order valence-electron chi connectivity index (χ3n) is 2.10. The second-order valence-corrected chi connectivity index (χ2v) is 3.34. The molecule has 84 valence electrons. The van der Waals surface area contributed by atoms with Crippen LogP contribution < -0.4 is 10.1 Å². The number of hydrogen-bond donors (Lipinski definition) is 1. The molecule has 0 unspecified atom stereocenters. The van der Waals surface area contributed by atoms with E-state index >= 15 is 0 Å². The van der Waals surface area contributed by atoms with Crippen molar-refractivity contribution in [3.05, 3.63) is 35.9 Å². The van der Waals surface area contributed by atoms with E-state index in [-0.39, 0.29) is 0 Å². The molecule has 0 aliphatic heterocycles. The molecule has 16 heavy (non-hydrogen) atoms. The lowest BCUT2D eigenvalue weighted by Gasteiger charge is -2.07. The molecule has 0 amide bonds. The van der Waals surface area contributed by atoms with Crippen LogP contribution in [0.4, 0.5) is 5.82 Å². The van der Waals surface area contributed by atoms with Crippen molar-refractivity contribution in [2.45, 2.75) is 13.5 Å². The van der Waals surface area contributed by atoms with Gasteiger partial charge in [-0.1, -0.05) is 5.16 Å². The molecule has 5 nitrogen and oxygen atoms in total. The highest BCUT2D eigenvalue weighted by molar-refractivity contribution is 5.49. The maximum absolute atomic E-state index is 5.17. The number of anilines is 1. The van der Waals surface area contributed by atoms with E-state index in [1.165, 1.54) is 0 Å². The minimum absolute atomic E-state index is 0.560. The van der Waals surface area contributed by atoms with E-state index in [1.807, 2.05) is 25.1 Å². The van der Waals surface area contributed by atoms with Crippen molar-refractivity contribution in [2.75, 3.05) is 12.4 Å². The molecule has 0 bridgehead atoms. The van der Waals surface area contributed by atoms with Crippen LogP contribution in [-0.4, -0.2) is 17.3 Å². The van der Waals surface area contributed by atoms with E-state index in [9.17, 15) is 0 Å². The largest absolute Gasteiger partial charge is 0.493 e. The molecule has 2 heterocycles. The first-order chi connectivity index (χ1) is 7.79. The highest BCUT2D eigenvalue weighted by Gasteiger charge is 2.04. The van der Waals surface area contributed by atoms with Crippen molar-refractivity contribution >= 4 is 5.82 Å². The fourth-order valence-electron chi connectivity index (χ4n) is 1.36. The number of nitrogens with one attached hydrogen (secondary N) is 1. The van der Waals surface area contributed by atoms with E-state index in [0.29, 0.717) is 18.1 Å². The topological polar surface area (TPSA) is 60.2 Å². The number of rotatable bonds is 4. The Balaban J connectivity index is 2.04. The van der Waals surface area contributed by atoms with Gasteiger partial charge in [0.15, 0.2) is 11.6 Å². The van der Waals surface area contributed by atoms with Gasteiger partial charge in [0.2, 0.25) is 0 Å². The lowest BCUT2D eigenvalue weighted by Crippen LogP contribution is -2.03. The molecule has 0 aliphatic rings. The van der Waals surface area contributed by atoms with Gasteiger partial charge in [-0.15, -0.1) is 0 Å². The maximum Gasteiger partial charge on any atom is 0.169 e. The van der Waals surface area contributed by atoms with Gasteiger partial charge in [-0.25, -0.2) is 4.98 Å². The summed E-state index contributed by atoms with van der Waals surface area (Å²) in [5.41, 5.74) is 0.838. The minimum Gasteiger partial charge on any atom is -0.493 e. The first-order valence-corrected chi connectivity index (χ1v) is 4.94. The molecule has 0 fully saturated rings. The van der Waals surface area contributed by atoms with Crippen LogP contribution in [0.15, 0.2) is 28.9 Å². The van der Waals surface area contributed by atoms with Crippen LogP contribution in [-0.2, 0) is 6.54 Å². The van der Waals surface area contributed by atoms with Crippen LogP contribution in [0.2, 0.25) is 0 Å². The maximum atomic E-state index is 5.17. The summed E-state index contributed by atoms with van der Waals surface area (Å²) in [5.74, 6) is 2.21. The summed E-state index contributed by atoms with van der Waals surface area (Å²) < 4.78 is 10.1. The Morgan fingerprint density at radius 1 is 1.50 bits per heavy atom. The first-order valence-electron chi connectivity index (χ1n) is 4.94. The van der Waals surface area contributed by atoms with Gasteiger partial charge in [0.1, 0.15) is 11.5 Å². The molecule has 1 N–H and O–H groups in total. The molecule has 0 aromatic carbocycles. The third-order valence-corrected chi connectivity index (χ3v) is 2.10. The minimum atomic E-state index is 0.560. The van der Waals surface area contributed by atoms with Gasteiger partial charge in [0, 0.05) is 12.3 Å². The zero-order valence-corrected chi connectivity index (χ0v) is 9.23. The Kier molecular flexibility index (Phi) is 3.05. The summed E-state index contributed by atoms with van der Waals surface area (Å²) in [7, 11) is 1.61. The highest BCUT2D eigenvalue weighted by atomic mass is 16.5. The standard InChI is InChI=1S/C11H13N3O2/c1-8-6-9(14-16-8)7-13-11-10(15-2)4-3-5-12-11/h3-6H,7H2,1-2H3,(H,12,13). The predicted molar refractivity (Wildman–Crippen MR) is 59.4 cm³/mol. The van der Waals surface area contributed by atoms with Gasteiger partial charge in [0.05, 0.1) is 13.7 Å². The molecule has 0 spiro atoms. The van der Waals surface area contributed by atoms with Crippen LogP contribution in [0.3, 0.4) is 0 Å². The fraction of sp³-hybridized carbons (Fsp3) is 0.273. The van der Waals surface area contributed by atoms with Gasteiger partial charge in [-0.05, 0) is 19.1 Å². The number of aromatic nitrogens is 2. The summed E-state index contributed by atoms with van der Waals surface area (Å²) in [5, 5.41) is 7.02. The summed E-state index contributed by atoms with van der Waals surface area (Å²) in [4.78, 5) is 4.18. The third kappa shape index (κ3) is 2.31. The second kappa shape index (κ2) is 4.65. The SMILES string of the molecule is COc1cccnc1NCc1cc(C)on1. The van der Waals surface area contributed by atoms with Crippen LogP contribution in [0, 0.1) is 6.92 Å². The lowest BCUT2D eigenvalue weighted by atomic mass is 10.3.